The largest absolute Gasteiger partial charge is 0.337 e. The number of nitrogens with zero attached hydrogens (tertiary/aromatic N) is 2. The van der Waals surface area contributed by atoms with E-state index in [4.69, 9.17) is 0 Å². The summed E-state index contributed by atoms with van der Waals surface area (Å²) in [4.78, 5) is 28.4. The topological polar surface area (TPSA) is 42.3 Å². The quantitative estimate of drug-likeness (QED) is 0.704. The summed E-state index contributed by atoms with van der Waals surface area (Å²) >= 11 is 0. The van der Waals surface area contributed by atoms with Gasteiger partial charge in [0.05, 0.1) is 0 Å². The minimum absolute atomic E-state index is 0.0568. The zero-order chi connectivity index (χ0) is 17.9. The fourth-order valence-corrected chi connectivity index (χ4v) is 3.69. The smallest absolute Gasteiger partial charge is 0.270 e. The highest BCUT2D eigenvalue weighted by Crippen LogP contribution is 2.19. The molecule has 0 spiro atoms. The third-order valence-corrected chi connectivity index (χ3v) is 5.05. The number of carbonyl (C=O) groups excluding carboxylic acids is 1. The van der Waals surface area contributed by atoms with Gasteiger partial charge in [0.15, 0.2) is 0 Å². The fourth-order valence-electron chi connectivity index (χ4n) is 3.69. The summed E-state index contributed by atoms with van der Waals surface area (Å²) in [6, 6.07) is 18.7. The maximum atomic E-state index is 13.3. The Bertz CT molecular complexity index is 984. The third kappa shape index (κ3) is 3.03. The zero-order valence-corrected chi connectivity index (χ0v) is 14.7. The summed E-state index contributed by atoms with van der Waals surface area (Å²) in [7, 11) is 0. The maximum Gasteiger partial charge on any atom is 0.270 e. The molecule has 0 radical (unpaired) electrons. The standard InChI is InChI=1S/C22H22N2O2/c25-21-19-13-7-6-10-17(19)16-20(24(21)18-11-4-3-5-12-18)22(26)23-14-8-1-2-9-15-23/h3-7,10-13,16H,1-2,8-9,14-15H2. The molecular weight excluding hydrogens is 324 g/mol. The van der Waals surface area contributed by atoms with Crippen LogP contribution in [0.25, 0.3) is 16.5 Å². The first-order chi connectivity index (χ1) is 12.8. The molecule has 0 saturated carbocycles. The molecule has 2 heterocycles. The van der Waals surface area contributed by atoms with Crippen molar-refractivity contribution in [2.45, 2.75) is 25.7 Å². The molecule has 1 aromatic heterocycles. The number of rotatable bonds is 2. The molecular formula is C22H22N2O2. The Morgan fingerprint density at radius 1 is 0.808 bits per heavy atom. The second-order valence-corrected chi connectivity index (χ2v) is 6.80. The first-order valence-corrected chi connectivity index (χ1v) is 9.25. The van der Waals surface area contributed by atoms with Crippen molar-refractivity contribution >= 4 is 16.7 Å². The van der Waals surface area contributed by atoms with Gasteiger partial charge in [-0.05, 0) is 42.5 Å². The summed E-state index contributed by atoms with van der Waals surface area (Å²) in [5, 5.41) is 1.44. The van der Waals surface area contributed by atoms with Crippen LogP contribution in [0.3, 0.4) is 0 Å². The van der Waals surface area contributed by atoms with E-state index in [0.29, 0.717) is 11.1 Å². The molecule has 4 rings (SSSR count). The number of hydrogen-bond acceptors (Lipinski definition) is 2. The van der Waals surface area contributed by atoms with Gasteiger partial charge >= 0.3 is 0 Å². The minimum atomic E-state index is -0.146. The number of amides is 1. The van der Waals surface area contributed by atoms with Crippen LogP contribution in [0.4, 0.5) is 0 Å². The van der Waals surface area contributed by atoms with Gasteiger partial charge in [-0.25, -0.2) is 0 Å². The van der Waals surface area contributed by atoms with Gasteiger partial charge in [-0.3, -0.25) is 14.2 Å². The number of para-hydroxylation sites is 1. The van der Waals surface area contributed by atoms with Crippen molar-refractivity contribution in [1.82, 2.24) is 9.47 Å². The van der Waals surface area contributed by atoms with Crippen molar-refractivity contribution in [3.8, 4) is 5.69 Å². The van der Waals surface area contributed by atoms with Crippen molar-refractivity contribution in [3.63, 3.8) is 0 Å². The van der Waals surface area contributed by atoms with Gasteiger partial charge in [-0.1, -0.05) is 49.2 Å². The van der Waals surface area contributed by atoms with Crippen molar-refractivity contribution in [2.24, 2.45) is 0 Å². The van der Waals surface area contributed by atoms with Gasteiger partial charge in [-0.15, -0.1) is 0 Å². The minimum Gasteiger partial charge on any atom is -0.337 e. The van der Waals surface area contributed by atoms with Gasteiger partial charge in [0.25, 0.3) is 11.5 Å². The predicted molar refractivity (Wildman–Crippen MR) is 104 cm³/mol. The van der Waals surface area contributed by atoms with Gasteiger partial charge in [0.2, 0.25) is 0 Å². The first-order valence-electron chi connectivity index (χ1n) is 9.25. The third-order valence-electron chi connectivity index (χ3n) is 5.05. The molecule has 1 fully saturated rings. The van der Waals surface area contributed by atoms with E-state index in [9.17, 15) is 9.59 Å². The van der Waals surface area contributed by atoms with E-state index in [2.05, 4.69) is 0 Å². The van der Waals surface area contributed by atoms with Crippen LogP contribution < -0.4 is 5.56 Å². The van der Waals surface area contributed by atoms with Crippen molar-refractivity contribution in [3.05, 3.63) is 76.7 Å². The van der Waals surface area contributed by atoms with Gasteiger partial charge in [0.1, 0.15) is 5.69 Å². The van der Waals surface area contributed by atoms with E-state index >= 15 is 0 Å². The van der Waals surface area contributed by atoms with E-state index in [1.54, 1.807) is 4.57 Å². The molecule has 3 aromatic rings. The molecule has 0 unspecified atom stereocenters. The molecule has 1 saturated heterocycles. The normalized spacial score (nSPS) is 15.0. The van der Waals surface area contributed by atoms with Crippen LogP contribution in [-0.4, -0.2) is 28.5 Å². The van der Waals surface area contributed by atoms with Crippen LogP contribution in [0.15, 0.2) is 65.5 Å². The Labute approximate surface area is 152 Å². The van der Waals surface area contributed by atoms with Crippen molar-refractivity contribution < 1.29 is 4.79 Å². The second kappa shape index (κ2) is 7.16. The molecule has 1 amide bonds. The highest BCUT2D eigenvalue weighted by atomic mass is 16.2. The Morgan fingerprint density at radius 2 is 1.46 bits per heavy atom. The van der Waals surface area contributed by atoms with E-state index in [1.807, 2.05) is 65.6 Å². The van der Waals surface area contributed by atoms with Crippen LogP contribution in [0.1, 0.15) is 36.2 Å². The average Bonchev–Trinajstić information content (AvgIpc) is 2.97. The molecule has 4 nitrogen and oxygen atoms in total. The van der Waals surface area contributed by atoms with Crippen LogP contribution in [0.2, 0.25) is 0 Å². The highest BCUT2D eigenvalue weighted by molar-refractivity contribution is 5.97. The Hall–Kier alpha value is -2.88. The van der Waals surface area contributed by atoms with Gasteiger partial charge < -0.3 is 4.90 Å². The van der Waals surface area contributed by atoms with Crippen LogP contribution >= 0.6 is 0 Å². The molecule has 26 heavy (non-hydrogen) atoms. The maximum absolute atomic E-state index is 13.3. The number of hydrogen-bond donors (Lipinski definition) is 0. The lowest BCUT2D eigenvalue weighted by molar-refractivity contribution is 0.0752. The summed E-state index contributed by atoms with van der Waals surface area (Å²) < 4.78 is 1.57. The Balaban J connectivity index is 1.92. The lowest BCUT2D eigenvalue weighted by Crippen LogP contribution is -2.36. The Morgan fingerprint density at radius 3 is 2.19 bits per heavy atom. The zero-order valence-electron chi connectivity index (χ0n) is 14.7. The molecule has 0 bridgehead atoms. The van der Waals surface area contributed by atoms with Crippen LogP contribution in [-0.2, 0) is 0 Å². The molecule has 1 aliphatic heterocycles. The van der Waals surface area contributed by atoms with Crippen molar-refractivity contribution in [1.29, 1.82) is 0 Å². The van der Waals surface area contributed by atoms with Crippen LogP contribution in [0.5, 0.6) is 0 Å². The predicted octanol–water partition coefficient (Wildman–Crippen LogP) is 4.01. The SMILES string of the molecule is O=C(c1cc2ccccc2c(=O)n1-c1ccccc1)N1CCCCCC1. The molecule has 0 aliphatic carbocycles. The average molecular weight is 346 g/mol. The van der Waals surface area contributed by atoms with E-state index < -0.39 is 0 Å². The molecule has 132 valence electrons. The number of fused-ring (bicyclic) bond motifs is 1. The fraction of sp³-hybridized carbons (Fsp3) is 0.273. The summed E-state index contributed by atoms with van der Waals surface area (Å²) in [5.74, 6) is -0.0568. The van der Waals surface area contributed by atoms with Gasteiger partial charge in [-0.2, -0.15) is 0 Å². The van der Waals surface area contributed by atoms with E-state index in [0.717, 1.165) is 49.8 Å². The summed E-state index contributed by atoms with van der Waals surface area (Å²) in [6.07, 6.45) is 4.36. The number of likely N-dealkylation sites (tertiary alicyclic amines) is 1. The number of pyridine rings is 1. The molecule has 2 aromatic carbocycles. The lowest BCUT2D eigenvalue weighted by atomic mass is 10.1. The number of benzene rings is 2. The highest BCUT2D eigenvalue weighted by Gasteiger charge is 2.22. The number of carbonyl (C=O) groups is 1. The monoisotopic (exact) mass is 346 g/mol. The first kappa shape index (κ1) is 16.6. The van der Waals surface area contributed by atoms with Crippen molar-refractivity contribution in [2.75, 3.05) is 13.1 Å². The molecule has 4 heteroatoms. The van der Waals surface area contributed by atoms with E-state index in [1.165, 1.54) is 0 Å². The molecule has 0 N–H and O–H groups in total. The summed E-state index contributed by atoms with van der Waals surface area (Å²) in [6.45, 7) is 1.52. The van der Waals surface area contributed by atoms with E-state index in [-0.39, 0.29) is 11.5 Å². The molecule has 0 atom stereocenters. The van der Waals surface area contributed by atoms with Crippen LogP contribution in [0, 0.1) is 0 Å². The number of aromatic nitrogens is 1. The van der Waals surface area contributed by atoms with Gasteiger partial charge in [0, 0.05) is 24.2 Å². The lowest BCUT2D eigenvalue weighted by Gasteiger charge is -2.23. The Kier molecular flexibility index (Phi) is 4.57. The molecule has 1 aliphatic rings. The summed E-state index contributed by atoms with van der Waals surface area (Å²) in [5.41, 5.74) is 1.02. The second-order valence-electron chi connectivity index (χ2n) is 6.80.